The zero-order chi connectivity index (χ0) is 26.8. The van der Waals surface area contributed by atoms with Crippen molar-refractivity contribution in [3.05, 3.63) is 71.3 Å². The SMILES string of the molecule is COCCN1C[C@](F)(CF)Cc2ccc(-c3cc(NC(=O)c4ccnc(C(C)(F)F)c4)cnc3C)cc21. The molecule has 1 atom stereocenters. The molecule has 0 saturated heterocycles. The summed E-state index contributed by atoms with van der Waals surface area (Å²) in [7, 11) is 1.55. The molecule has 1 aromatic carbocycles. The topological polar surface area (TPSA) is 67.3 Å². The number of pyridine rings is 2. The molecule has 3 heterocycles. The lowest BCUT2D eigenvalue weighted by Crippen LogP contribution is -2.48. The van der Waals surface area contributed by atoms with Crippen LogP contribution in [0.3, 0.4) is 0 Å². The number of benzene rings is 1. The van der Waals surface area contributed by atoms with E-state index in [1.807, 2.05) is 19.1 Å². The fourth-order valence-electron chi connectivity index (χ4n) is 4.40. The number of hydrogen-bond donors (Lipinski definition) is 1. The fourth-order valence-corrected chi connectivity index (χ4v) is 4.40. The Morgan fingerprint density at radius 3 is 2.70 bits per heavy atom. The van der Waals surface area contributed by atoms with E-state index < -0.39 is 29.9 Å². The fraction of sp³-hybridized carbons (Fsp3) is 0.370. The number of fused-ring (bicyclic) bond motifs is 1. The third-order valence-electron chi connectivity index (χ3n) is 6.34. The molecule has 0 bridgehead atoms. The van der Waals surface area contributed by atoms with Gasteiger partial charge in [-0.2, -0.15) is 8.78 Å². The number of hydrogen-bond acceptors (Lipinski definition) is 5. The number of alkyl halides is 4. The maximum Gasteiger partial charge on any atom is 0.286 e. The lowest BCUT2D eigenvalue weighted by molar-refractivity contribution is 0.0127. The normalized spacial score (nSPS) is 17.4. The summed E-state index contributed by atoms with van der Waals surface area (Å²) >= 11 is 0. The van der Waals surface area contributed by atoms with E-state index in [1.54, 1.807) is 24.1 Å². The zero-order valence-electron chi connectivity index (χ0n) is 20.8. The van der Waals surface area contributed by atoms with Crippen LogP contribution in [-0.2, 0) is 17.1 Å². The van der Waals surface area contributed by atoms with E-state index in [0.29, 0.717) is 37.0 Å². The molecule has 0 saturated carbocycles. The number of carbonyl (C=O) groups is 1. The average Bonchev–Trinajstić information content (AvgIpc) is 2.87. The molecule has 1 aliphatic heterocycles. The van der Waals surface area contributed by atoms with Gasteiger partial charge in [-0.05, 0) is 42.3 Å². The van der Waals surface area contributed by atoms with Gasteiger partial charge in [0.2, 0.25) is 0 Å². The average molecular weight is 517 g/mol. The van der Waals surface area contributed by atoms with Crippen molar-refractivity contribution < 1.29 is 27.1 Å². The Morgan fingerprint density at radius 2 is 2.00 bits per heavy atom. The number of rotatable bonds is 8. The molecule has 1 aliphatic rings. The molecule has 1 amide bonds. The summed E-state index contributed by atoms with van der Waals surface area (Å²) in [6, 6.07) is 9.64. The summed E-state index contributed by atoms with van der Waals surface area (Å²) < 4.78 is 60.9. The summed E-state index contributed by atoms with van der Waals surface area (Å²) in [4.78, 5) is 22.6. The Morgan fingerprint density at radius 1 is 1.22 bits per heavy atom. The van der Waals surface area contributed by atoms with Crippen molar-refractivity contribution in [3.8, 4) is 11.1 Å². The monoisotopic (exact) mass is 516 g/mol. The van der Waals surface area contributed by atoms with E-state index >= 15 is 0 Å². The standard InChI is InChI=1S/C27H28F4N4O2/c1-17-22(12-21(14-33-17)34-25(36)19-6-7-32-24(11-19)26(2,29)30)18-4-5-20-13-27(31,15-28)16-35(8-9-37-3)23(20)10-18/h4-7,10-12,14H,8-9,13,15-16H2,1-3H3,(H,34,36)/t27-/m1/s1. The number of nitrogens with one attached hydrogen (secondary N) is 1. The number of methoxy groups -OCH3 is 1. The molecule has 1 N–H and O–H groups in total. The summed E-state index contributed by atoms with van der Waals surface area (Å²) in [5.41, 5.74) is 1.64. The lowest BCUT2D eigenvalue weighted by Gasteiger charge is -2.39. The van der Waals surface area contributed by atoms with Crippen molar-refractivity contribution in [2.45, 2.75) is 31.9 Å². The molecular weight excluding hydrogens is 488 g/mol. The van der Waals surface area contributed by atoms with Crippen LogP contribution in [-0.4, -0.2) is 55.0 Å². The summed E-state index contributed by atoms with van der Waals surface area (Å²) in [6.45, 7) is 2.13. The largest absolute Gasteiger partial charge is 0.383 e. The van der Waals surface area contributed by atoms with Gasteiger partial charge in [-0.15, -0.1) is 0 Å². The molecule has 0 radical (unpaired) electrons. The summed E-state index contributed by atoms with van der Waals surface area (Å²) in [6.07, 6.45) is 2.62. The second-order valence-corrected chi connectivity index (χ2v) is 9.35. The van der Waals surface area contributed by atoms with E-state index in [2.05, 4.69) is 15.3 Å². The number of aromatic nitrogens is 2. The Balaban J connectivity index is 1.63. The van der Waals surface area contributed by atoms with E-state index in [0.717, 1.165) is 29.1 Å². The van der Waals surface area contributed by atoms with Gasteiger partial charge >= 0.3 is 0 Å². The molecule has 0 spiro atoms. The molecular formula is C27H28F4N4O2. The minimum Gasteiger partial charge on any atom is -0.383 e. The maximum absolute atomic E-state index is 15.0. The first-order chi connectivity index (χ1) is 17.5. The molecule has 0 aliphatic carbocycles. The van der Waals surface area contributed by atoms with Gasteiger partial charge in [0.1, 0.15) is 12.4 Å². The Hall–Kier alpha value is -3.53. The van der Waals surface area contributed by atoms with Gasteiger partial charge in [-0.1, -0.05) is 12.1 Å². The molecule has 3 aromatic rings. The number of halogens is 4. The van der Waals surface area contributed by atoms with Crippen LogP contribution in [0.5, 0.6) is 0 Å². The Kier molecular flexibility index (Phi) is 7.49. The van der Waals surface area contributed by atoms with Crippen LogP contribution in [0.4, 0.5) is 28.9 Å². The molecule has 10 heteroatoms. The molecule has 196 valence electrons. The highest BCUT2D eigenvalue weighted by molar-refractivity contribution is 6.04. The van der Waals surface area contributed by atoms with Gasteiger partial charge in [-0.25, -0.2) is 8.78 Å². The predicted molar refractivity (Wildman–Crippen MR) is 134 cm³/mol. The van der Waals surface area contributed by atoms with Crippen molar-refractivity contribution in [3.63, 3.8) is 0 Å². The highest BCUT2D eigenvalue weighted by Gasteiger charge is 2.38. The number of aryl methyl sites for hydroxylation is 1. The summed E-state index contributed by atoms with van der Waals surface area (Å²) in [5, 5.41) is 2.70. The van der Waals surface area contributed by atoms with Crippen molar-refractivity contribution >= 4 is 17.3 Å². The molecule has 0 fully saturated rings. The maximum atomic E-state index is 15.0. The second kappa shape index (κ2) is 10.5. The van der Waals surface area contributed by atoms with Crippen LogP contribution in [0.25, 0.3) is 11.1 Å². The number of nitrogens with zero attached hydrogens (tertiary/aromatic N) is 3. The lowest BCUT2D eigenvalue weighted by atomic mass is 9.89. The van der Waals surface area contributed by atoms with Gasteiger partial charge in [0.15, 0.2) is 5.67 Å². The molecule has 2 aromatic heterocycles. The van der Waals surface area contributed by atoms with Gasteiger partial charge in [0.25, 0.3) is 11.8 Å². The number of anilines is 2. The number of carbonyl (C=O) groups excluding carboxylic acids is 1. The minimum absolute atomic E-state index is 0.0271. The van der Waals surface area contributed by atoms with Crippen LogP contribution >= 0.6 is 0 Å². The van der Waals surface area contributed by atoms with Gasteiger partial charge in [0.05, 0.1) is 25.0 Å². The highest BCUT2D eigenvalue weighted by Crippen LogP contribution is 2.38. The quantitative estimate of drug-likeness (QED) is 0.401. The van der Waals surface area contributed by atoms with Crippen molar-refractivity contribution in [1.29, 1.82) is 0 Å². The van der Waals surface area contributed by atoms with Crippen LogP contribution in [0.1, 0.15) is 34.2 Å². The van der Waals surface area contributed by atoms with E-state index in [-0.39, 0.29) is 18.5 Å². The first-order valence-corrected chi connectivity index (χ1v) is 11.8. The van der Waals surface area contributed by atoms with Crippen molar-refractivity contribution in [1.82, 2.24) is 9.97 Å². The highest BCUT2D eigenvalue weighted by atomic mass is 19.3. The smallest absolute Gasteiger partial charge is 0.286 e. The molecule has 37 heavy (non-hydrogen) atoms. The van der Waals surface area contributed by atoms with E-state index in [9.17, 15) is 22.4 Å². The minimum atomic E-state index is -3.18. The van der Waals surface area contributed by atoms with Crippen LogP contribution in [0, 0.1) is 6.92 Å². The van der Waals surface area contributed by atoms with Crippen LogP contribution in [0.2, 0.25) is 0 Å². The first-order valence-electron chi connectivity index (χ1n) is 11.8. The molecule has 0 unspecified atom stereocenters. The van der Waals surface area contributed by atoms with E-state index in [4.69, 9.17) is 4.74 Å². The van der Waals surface area contributed by atoms with Gasteiger partial charge in [0, 0.05) is 55.7 Å². The zero-order valence-corrected chi connectivity index (χ0v) is 20.8. The second-order valence-electron chi connectivity index (χ2n) is 9.35. The van der Waals surface area contributed by atoms with E-state index in [1.165, 1.54) is 12.3 Å². The van der Waals surface area contributed by atoms with Crippen LogP contribution < -0.4 is 10.2 Å². The van der Waals surface area contributed by atoms with Gasteiger partial charge in [-0.3, -0.25) is 14.8 Å². The number of amides is 1. The third kappa shape index (κ3) is 5.90. The third-order valence-corrected chi connectivity index (χ3v) is 6.34. The predicted octanol–water partition coefficient (Wildman–Crippen LogP) is 5.50. The van der Waals surface area contributed by atoms with Gasteiger partial charge < -0.3 is 15.0 Å². The first kappa shape index (κ1) is 26.5. The van der Waals surface area contributed by atoms with Crippen molar-refractivity contribution in [2.24, 2.45) is 0 Å². The van der Waals surface area contributed by atoms with Crippen LogP contribution in [0.15, 0.2) is 48.8 Å². The Labute approximate surface area is 212 Å². The molecule has 4 rings (SSSR count). The Bertz CT molecular complexity index is 1300. The number of ether oxygens (including phenoxy) is 1. The molecule has 6 nitrogen and oxygen atoms in total. The summed E-state index contributed by atoms with van der Waals surface area (Å²) in [5.74, 6) is -3.75. The van der Waals surface area contributed by atoms with Crippen molar-refractivity contribution in [2.75, 3.05) is 43.7 Å².